The summed E-state index contributed by atoms with van der Waals surface area (Å²) in [6, 6.07) is 16.7. The lowest BCUT2D eigenvalue weighted by Gasteiger charge is -2.18. The average Bonchev–Trinajstić information content (AvgIpc) is 3.42. The zero-order valence-electron chi connectivity index (χ0n) is 17.9. The average molecular weight is 431 g/mol. The van der Waals surface area contributed by atoms with Crippen molar-refractivity contribution in [1.82, 2.24) is 19.9 Å². The fourth-order valence-electron chi connectivity index (χ4n) is 3.90. The Kier molecular flexibility index (Phi) is 5.53. The summed E-state index contributed by atoms with van der Waals surface area (Å²) in [7, 11) is 2.04. The number of pyridine rings is 2. The van der Waals surface area contributed by atoms with Crippen molar-refractivity contribution in [2.45, 2.75) is 26.3 Å². The summed E-state index contributed by atoms with van der Waals surface area (Å²) >= 11 is 1.55. The molecule has 4 heterocycles. The van der Waals surface area contributed by atoms with Crippen LogP contribution in [0.25, 0.3) is 10.3 Å². The van der Waals surface area contributed by atoms with Crippen LogP contribution < -0.4 is 10.2 Å². The quantitative estimate of drug-likeness (QED) is 0.436. The van der Waals surface area contributed by atoms with Crippen LogP contribution in [-0.2, 0) is 6.54 Å². The molecule has 3 aromatic heterocycles. The molecule has 1 aromatic carbocycles. The zero-order valence-corrected chi connectivity index (χ0v) is 18.7. The number of thiazole rings is 1. The van der Waals surface area contributed by atoms with E-state index in [0.29, 0.717) is 0 Å². The first-order chi connectivity index (χ1) is 15.1. The Morgan fingerprint density at radius 1 is 1.03 bits per heavy atom. The molecule has 0 aliphatic carbocycles. The molecular formula is C24H26N6S. The number of aryl methyl sites for hydroxylation is 1. The molecule has 6 nitrogen and oxygen atoms in total. The second-order valence-electron chi connectivity index (χ2n) is 8.06. The highest BCUT2D eigenvalue weighted by Crippen LogP contribution is 2.30. The normalized spacial score (nSPS) is 14.3. The van der Waals surface area contributed by atoms with Crippen LogP contribution in [-0.4, -0.2) is 40.0 Å². The predicted octanol–water partition coefficient (Wildman–Crippen LogP) is 5.50. The van der Waals surface area contributed by atoms with Gasteiger partial charge in [0.1, 0.15) is 22.0 Å². The molecule has 0 atom stereocenters. The summed E-state index contributed by atoms with van der Waals surface area (Å²) in [5.74, 6) is 1.73. The maximum atomic E-state index is 4.84. The first kappa shape index (κ1) is 19.9. The number of aromatic nitrogens is 3. The second kappa shape index (κ2) is 8.61. The summed E-state index contributed by atoms with van der Waals surface area (Å²) in [6.45, 7) is 5.45. The number of hydrogen-bond donors (Lipinski definition) is 1. The van der Waals surface area contributed by atoms with Crippen molar-refractivity contribution < 1.29 is 0 Å². The van der Waals surface area contributed by atoms with Crippen molar-refractivity contribution in [3.05, 3.63) is 65.9 Å². The maximum absolute atomic E-state index is 4.84. The maximum Gasteiger partial charge on any atom is 0.190 e. The van der Waals surface area contributed by atoms with Crippen LogP contribution in [0.15, 0.2) is 54.7 Å². The van der Waals surface area contributed by atoms with Crippen LogP contribution in [0.2, 0.25) is 0 Å². The van der Waals surface area contributed by atoms with Crippen molar-refractivity contribution in [3.63, 3.8) is 0 Å². The standard InChI is InChI=1S/C24H26N6S/c1-17-5-7-19(8-6-17)29(2)22-10-9-20-23(28-22)31-24(26-20)27-21-15-18(11-12-25-21)16-30-13-3-4-14-30/h5-12,15H,3-4,13-14,16H2,1-2H3,(H,25,26,27). The molecule has 0 spiro atoms. The third-order valence-electron chi connectivity index (χ3n) is 5.67. The fraction of sp³-hybridized carbons (Fsp3) is 0.292. The van der Waals surface area contributed by atoms with E-state index < -0.39 is 0 Å². The molecular weight excluding hydrogens is 404 g/mol. The van der Waals surface area contributed by atoms with Gasteiger partial charge in [-0.05, 0) is 74.8 Å². The SMILES string of the molecule is Cc1ccc(N(C)c2ccc3nc(Nc4cc(CN5CCCC5)ccn4)sc3n2)cc1. The van der Waals surface area contributed by atoms with E-state index in [1.54, 1.807) is 11.3 Å². The molecule has 0 unspecified atom stereocenters. The molecule has 5 rings (SSSR count). The topological polar surface area (TPSA) is 57.2 Å². The lowest BCUT2D eigenvalue weighted by atomic mass is 10.2. The van der Waals surface area contributed by atoms with Gasteiger partial charge in [-0.2, -0.15) is 0 Å². The van der Waals surface area contributed by atoms with Gasteiger partial charge in [-0.25, -0.2) is 15.0 Å². The first-order valence-corrected chi connectivity index (χ1v) is 11.5. The molecule has 0 bridgehead atoms. The lowest BCUT2D eigenvalue weighted by molar-refractivity contribution is 0.331. The molecule has 1 saturated heterocycles. The number of nitrogens with one attached hydrogen (secondary N) is 1. The number of benzene rings is 1. The number of anilines is 4. The second-order valence-corrected chi connectivity index (χ2v) is 9.04. The van der Waals surface area contributed by atoms with Gasteiger partial charge in [-0.1, -0.05) is 29.0 Å². The third kappa shape index (κ3) is 4.52. The molecule has 1 fully saturated rings. The van der Waals surface area contributed by atoms with E-state index in [0.717, 1.165) is 39.3 Å². The van der Waals surface area contributed by atoms with Gasteiger partial charge in [0, 0.05) is 25.5 Å². The molecule has 0 saturated carbocycles. The number of nitrogens with zero attached hydrogens (tertiary/aromatic N) is 5. The van der Waals surface area contributed by atoms with Crippen LogP contribution in [0, 0.1) is 6.92 Å². The minimum atomic E-state index is 0.809. The van der Waals surface area contributed by atoms with Gasteiger partial charge in [0.05, 0.1) is 0 Å². The molecule has 1 N–H and O–H groups in total. The largest absolute Gasteiger partial charge is 0.329 e. The zero-order chi connectivity index (χ0) is 21.2. The number of fused-ring (bicyclic) bond motifs is 1. The van der Waals surface area contributed by atoms with Crippen molar-refractivity contribution in [3.8, 4) is 0 Å². The minimum Gasteiger partial charge on any atom is -0.329 e. The van der Waals surface area contributed by atoms with Crippen molar-refractivity contribution in [1.29, 1.82) is 0 Å². The summed E-state index contributed by atoms with van der Waals surface area (Å²) in [5, 5.41) is 4.18. The molecule has 1 aliphatic heterocycles. The van der Waals surface area contributed by atoms with E-state index in [1.165, 1.54) is 37.1 Å². The Morgan fingerprint density at radius 2 is 1.84 bits per heavy atom. The van der Waals surface area contributed by atoms with Crippen molar-refractivity contribution in [2.75, 3.05) is 30.4 Å². The monoisotopic (exact) mass is 430 g/mol. The number of rotatable bonds is 6. The molecule has 0 radical (unpaired) electrons. The lowest BCUT2D eigenvalue weighted by Crippen LogP contribution is -2.18. The highest BCUT2D eigenvalue weighted by molar-refractivity contribution is 7.21. The summed E-state index contributed by atoms with van der Waals surface area (Å²) in [4.78, 5) is 19.5. The van der Waals surface area contributed by atoms with Crippen LogP contribution in [0.4, 0.5) is 22.5 Å². The van der Waals surface area contributed by atoms with E-state index in [-0.39, 0.29) is 0 Å². The summed E-state index contributed by atoms with van der Waals surface area (Å²) in [5.41, 5.74) is 4.53. The van der Waals surface area contributed by atoms with Crippen molar-refractivity contribution in [2.24, 2.45) is 0 Å². The van der Waals surface area contributed by atoms with Gasteiger partial charge in [-0.3, -0.25) is 4.90 Å². The smallest absolute Gasteiger partial charge is 0.190 e. The molecule has 1 aliphatic rings. The highest BCUT2D eigenvalue weighted by atomic mass is 32.1. The van der Waals surface area contributed by atoms with Gasteiger partial charge < -0.3 is 10.2 Å². The van der Waals surface area contributed by atoms with E-state index >= 15 is 0 Å². The number of likely N-dealkylation sites (tertiary alicyclic amines) is 1. The van der Waals surface area contributed by atoms with Crippen LogP contribution in [0.1, 0.15) is 24.0 Å². The molecule has 31 heavy (non-hydrogen) atoms. The Bertz CT molecular complexity index is 1180. The molecule has 158 valence electrons. The number of hydrogen-bond acceptors (Lipinski definition) is 7. The summed E-state index contributed by atoms with van der Waals surface area (Å²) < 4.78 is 0. The Labute approximate surface area is 186 Å². The van der Waals surface area contributed by atoms with Gasteiger partial charge in [0.2, 0.25) is 0 Å². The van der Waals surface area contributed by atoms with Gasteiger partial charge in [-0.15, -0.1) is 0 Å². The molecule has 4 aromatic rings. The van der Waals surface area contributed by atoms with Crippen molar-refractivity contribution >= 4 is 44.1 Å². The van der Waals surface area contributed by atoms with Crippen LogP contribution in [0.5, 0.6) is 0 Å². The highest BCUT2D eigenvalue weighted by Gasteiger charge is 2.13. The van der Waals surface area contributed by atoms with E-state index in [1.807, 2.05) is 25.4 Å². The molecule has 0 amide bonds. The predicted molar refractivity (Wildman–Crippen MR) is 129 cm³/mol. The minimum absolute atomic E-state index is 0.809. The van der Waals surface area contributed by atoms with E-state index in [4.69, 9.17) is 9.97 Å². The van der Waals surface area contributed by atoms with Gasteiger partial charge >= 0.3 is 0 Å². The Balaban J connectivity index is 1.33. The Hall–Kier alpha value is -3.03. The fourth-order valence-corrected chi connectivity index (χ4v) is 4.74. The summed E-state index contributed by atoms with van der Waals surface area (Å²) in [6.07, 6.45) is 4.47. The van der Waals surface area contributed by atoms with Gasteiger partial charge in [0.25, 0.3) is 0 Å². The third-order valence-corrected chi connectivity index (χ3v) is 6.55. The van der Waals surface area contributed by atoms with E-state index in [2.05, 4.69) is 63.4 Å². The van der Waals surface area contributed by atoms with Crippen LogP contribution in [0.3, 0.4) is 0 Å². The molecule has 7 heteroatoms. The first-order valence-electron chi connectivity index (χ1n) is 10.7. The Morgan fingerprint density at radius 3 is 2.65 bits per heavy atom. The van der Waals surface area contributed by atoms with Gasteiger partial charge in [0.15, 0.2) is 5.13 Å². The van der Waals surface area contributed by atoms with E-state index in [9.17, 15) is 0 Å². The van der Waals surface area contributed by atoms with Crippen LogP contribution >= 0.6 is 11.3 Å².